The molecule has 4 heteroatoms. The van der Waals surface area contributed by atoms with Crippen molar-refractivity contribution in [2.45, 2.75) is 0 Å². The Kier molecular flexibility index (Phi) is 3.54. The van der Waals surface area contributed by atoms with E-state index in [1.165, 1.54) is 0 Å². The van der Waals surface area contributed by atoms with Crippen molar-refractivity contribution in [3.8, 4) is 11.3 Å². The first-order valence-electron chi connectivity index (χ1n) is 8.75. The molecule has 0 aliphatic rings. The van der Waals surface area contributed by atoms with Crippen LogP contribution < -0.4 is 11.1 Å². The predicted octanol–water partition coefficient (Wildman–Crippen LogP) is 5.97. The molecule has 0 atom stereocenters. The summed E-state index contributed by atoms with van der Waals surface area (Å²) in [5.41, 5.74) is 10.4. The molecule has 0 saturated heterocycles. The SMILES string of the molecule is Nc1cccc(Nc2ccc3cncc(-c4cc5ccccc5o4)c3c2)c1. The Morgan fingerprint density at radius 1 is 0.778 bits per heavy atom. The number of anilines is 3. The minimum absolute atomic E-state index is 0.730. The first-order chi connectivity index (χ1) is 13.3. The number of nitrogens with zero attached hydrogens (tertiary/aromatic N) is 1. The lowest BCUT2D eigenvalue weighted by Gasteiger charge is -2.10. The second kappa shape index (κ2) is 6.18. The first-order valence-corrected chi connectivity index (χ1v) is 8.75. The van der Waals surface area contributed by atoms with Crippen LogP contribution in [0.3, 0.4) is 0 Å². The average Bonchev–Trinajstić information content (AvgIpc) is 3.11. The maximum atomic E-state index is 6.06. The third kappa shape index (κ3) is 2.87. The number of benzene rings is 3. The van der Waals surface area contributed by atoms with Gasteiger partial charge in [0.25, 0.3) is 0 Å². The van der Waals surface area contributed by atoms with Crippen LogP contribution in [0.4, 0.5) is 17.1 Å². The molecular weight excluding hydrogens is 334 g/mol. The molecule has 130 valence electrons. The minimum Gasteiger partial charge on any atom is -0.456 e. The van der Waals surface area contributed by atoms with Crippen LogP contribution in [0.15, 0.2) is 89.6 Å². The van der Waals surface area contributed by atoms with Crippen LogP contribution in [-0.2, 0) is 0 Å². The van der Waals surface area contributed by atoms with Crippen molar-refractivity contribution >= 4 is 38.8 Å². The van der Waals surface area contributed by atoms with Gasteiger partial charge in [0.1, 0.15) is 11.3 Å². The van der Waals surface area contributed by atoms with Gasteiger partial charge in [-0.2, -0.15) is 0 Å². The van der Waals surface area contributed by atoms with Gasteiger partial charge in [0.05, 0.1) is 0 Å². The van der Waals surface area contributed by atoms with E-state index in [4.69, 9.17) is 10.2 Å². The second-order valence-corrected chi connectivity index (χ2v) is 6.52. The van der Waals surface area contributed by atoms with Gasteiger partial charge in [-0.15, -0.1) is 0 Å². The highest BCUT2D eigenvalue weighted by Crippen LogP contribution is 2.34. The molecule has 0 aliphatic carbocycles. The van der Waals surface area contributed by atoms with Crippen molar-refractivity contribution in [1.82, 2.24) is 4.98 Å². The third-order valence-corrected chi connectivity index (χ3v) is 4.63. The fourth-order valence-corrected chi connectivity index (χ4v) is 3.34. The summed E-state index contributed by atoms with van der Waals surface area (Å²) in [6.45, 7) is 0. The number of nitrogen functional groups attached to an aromatic ring is 1. The highest BCUT2D eigenvalue weighted by Gasteiger charge is 2.11. The van der Waals surface area contributed by atoms with Gasteiger partial charge in [-0.3, -0.25) is 4.98 Å². The summed E-state index contributed by atoms with van der Waals surface area (Å²) in [6, 6.07) is 24.0. The zero-order valence-corrected chi connectivity index (χ0v) is 14.5. The maximum Gasteiger partial charge on any atom is 0.137 e. The Hall–Kier alpha value is -3.79. The topological polar surface area (TPSA) is 64.1 Å². The van der Waals surface area contributed by atoms with E-state index in [0.717, 1.165) is 50.1 Å². The van der Waals surface area contributed by atoms with E-state index in [-0.39, 0.29) is 0 Å². The molecule has 5 aromatic rings. The number of aromatic nitrogens is 1. The lowest BCUT2D eigenvalue weighted by molar-refractivity contribution is 0.632. The van der Waals surface area contributed by atoms with Gasteiger partial charge in [0.2, 0.25) is 0 Å². The quantitative estimate of drug-likeness (QED) is 0.393. The molecule has 0 saturated carbocycles. The zero-order valence-electron chi connectivity index (χ0n) is 14.5. The summed E-state index contributed by atoms with van der Waals surface area (Å²) >= 11 is 0. The number of hydrogen-bond acceptors (Lipinski definition) is 4. The molecule has 0 radical (unpaired) electrons. The van der Waals surface area contributed by atoms with Crippen molar-refractivity contribution in [2.75, 3.05) is 11.1 Å². The van der Waals surface area contributed by atoms with Gasteiger partial charge >= 0.3 is 0 Å². The highest BCUT2D eigenvalue weighted by atomic mass is 16.3. The molecule has 27 heavy (non-hydrogen) atoms. The fourth-order valence-electron chi connectivity index (χ4n) is 3.34. The molecule has 0 spiro atoms. The zero-order chi connectivity index (χ0) is 18.2. The third-order valence-electron chi connectivity index (χ3n) is 4.63. The molecule has 0 fully saturated rings. The van der Waals surface area contributed by atoms with Crippen LogP contribution in [0, 0.1) is 0 Å². The largest absolute Gasteiger partial charge is 0.456 e. The molecule has 2 aromatic heterocycles. The van der Waals surface area contributed by atoms with Gasteiger partial charge < -0.3 is 15.5 Å². The normalized spacial score (nSPS) is 11.1. The number of nitrogens with one attached hydrogen (secondary N) is 1. The molecule has 5 rings (SSSR count). The van der Waals surface area contributed by atoms with E-state index in [9.17, 15) is 0 Å². The molecule has 4 nitrogen and oxygen atoms in total. The molecule has 0 unspecified atom stereocenters. The summed E-state index contributed by atoms with van der Waals surface area (Å²) in [5.74, 6) is 0.815. The van der Waals surface area contributed by atoms with E-state index in [0.29, 0.717) is 0 Å². The van der Waals surface area contributed by atoms with Crippen LogP contribution in [-0.4, -0.2) is 4.98 Å². The molecule has 2 heterocycles. The summed E-state index contributed by atoms with van der Waals surface area (Å²) in [7, 11) is 0. The van der Waals surface area contributed by atoms with Gasteiger partial charge in [-0.1, -0.05) is 30.3 Å². The van der Waals surface area contributed by atoms with E-state index in [2.05, 4.69) is 28.5 Å². The monoisotopic (exact) mass is 351 g/mol. The van der Waals surface area contributed by atoms with Crippen molar-refractivity contribution in [3.05, 3.63) is 85.2 Å². The molecular formula is C23H17N3O. The van der Waals surface area contributed by atoms with Crippen LogP contribution in [0.2, 0.25) is 0 Å². The molecule has 0 aliphatic heterocycles. The number of furan rings is 1. The number of hydrogen-bond donors (Lipinski definition) is 2. The van der Waals surface area contributed by atoms with E-state index in [1.54, 1.807) is 0 Å². The Bertz CT molecular complexity index is 1240. The highest BCUT2D eigenvalue weighted by molar-refractivity contribution is 5.98. The number of pyridine rings is 1. The molecule has 0 bridgehead atoms. The first kappa shape index (κ1) is 15.5. The lowest BCUT2D eigenvalue weighted by Crippen LogP contribution is -1.92. The van der Waals surface area contributed by atoms with Crippen LogP contribution in [0.5, 0.6) is 0 Å². The van der Waals surface area contributed by atoms with E-state index < -0.39 is 0 Å². The van der Waals surface area contributed by atoms with Gasteiger partial charge in [-0.05, 0) is 47.9 Å². The lowest BCUT2D eigenvalue weighted by atomic mass is 10.0. The Balaban J connectivity index is 1.62. The van der Waals surface area contributed by atoms with Crippen LogP contribution in [0.25, 0.3) is 33.1 Å². The van der Waals surface area contributed by atoms with Crippen LogP contribution in [0.1, 0.15) is 0 Å². The molecule has 3 aromatic carbocycles. The Labute approximate surface area is 156 Å². The number of nitrogens with two attached hydrogens (primary N) is 1. The fraction of sp³-hybridized carbons (Fsp3) is 0. The summed E-state index contributed by atoms with van der Waals surface area (Å²) in [6.07, 6.45) is 3.72. The summed E-state index contributed by atoms with van der Waals surface area (Å²) in [4.78, 5) is 4.39. The van der Waals surface area contributed by atoms with Crippen LogP contribution >= 0.6 is 0 Å². The Morgan fingerprint density at radius 2 is 1.67 bits per heavy atom. The van der Waals surface area contributed by atoms with E-state index in [1.807, 2.05) is 67.0 Å². The second-order valence-electron chi connectivity index (χ2n) is 6.52. The van der Waals surface area contributed by atoms with Gasteiger partial charge in [0, 0.05) is 45.8 Å². The summed E-state index contributed by atoms with van der Waals surface area (Å²) < 4.78 is 6.06. The minimum atomic E-state index is 0.730. The van der Waals surface area contributed by atoms with E-state index >= 15 is 0 Å². The van der Waals surface area contributed by atoms with Gasteiger partial charge in [-0.25, -0.2) is 0 Å². The number of para-hydroxylation sites is 1. The molecule has 3 N–H and O–H groups in total. The van der Waals surface area contributed by atoms with Crippen molar-refractivity contribution in [3.63, 3.8) is 0 Å². The number of rotatable bonds is 3. The molecule has 0 amide bonds. The maximum absolute atomic E-state index is 6.06. The predicted molar refractivity (Wildman–Crippen MR) is 111 cm³/mol. The Morgan fingerprint density at radius 3 is 2.56 bits per heavy atom. The number of fused-ring (bicyclic) bond motifs is 2. The van der Waals surface area contributed by atoms with Crippen molar-refractivity contribution in [1.29, 1.82) is 0 Å². The smallest absolute Gasteiger partial charge is 0.137 e. The average molecular weight is 351 g/mol. The van der Waals surface area contributed by atoms with Gasteiger partial charge in [0.15, 0.2) is 0 Å². The van der Waals surface area contributed by atoms with Crippen molar-refractivity contribution in [2.24, 2.45) is 0 Å². The standard InChI is InChI=1S/C23H17N3O/c24-17-5-3-6-18(11-17)26-19-9-8-16-13-25-14-21(20(16)12-19)23-10-15-4-1-2-7-22(15)27-23/h1-14,26H,24H2. The summed E-state index contributed by atoms with van der Waals surface area (Å²) in [5, 5.41) is 6.64. The van der Waals surface area contributed by atoms with Crippen molar-refractivity contribution < 1.29 is 4.42 Å².